The number of hydrogen-bond acceptors (Lipinski definition) is 2. The lowest BCUT2D eigenvalue weighted by atomic mass is 9.79. The molecule has 0 aromatic carbocycles. The highest BCUT2D eigenvalue weighted by Crippen LogP contribution is 2.36. The first-order valence-electron chi connectivity index (χ1n) is 7.33. The SMILES string of the molecule is CNC1CCC(C(C)C)CC1SCCC(C)C. The molecule has 0 bridgehead atoms. The normalized spacial score (nSPS) is 30.2. The van der Waals surface area contributed by atoms with E-state index in [1.165, 1.54) is 31.4 Å². The summed E-state index contributed by atoms with van der Waals surface area (Å²) in [4.78, 5) is 0. The van der Waals surface area contributed by atoms with Gasteiger partial charge in [0.05, 0.1) is 0 Å². The summed E-state index contributed by atoms with van der Waals surface area (Å²) in [5, 5.41) is 4.38. The molecule has 3 unspecified atom stereocenters. The Morgan fingerprint density at radius 1 is 1.18 bits per heavy atom. The molecule has 0 spiro atoms. The van der Waals surface area contributed by atoms with Crippen LogP contribution in [0.25, 0.3) is 0 Å². The summed E-state index contributed by atoms with van der Waals surface area (Å²) in [7, 11) is 2.14. The molecule has 3 atom stereocenters. The lowest BCUT2D eigenvalue weighted by Gasteiger charge is -2.37. The lowest BCUT2D eigenvalue weighted by molar-refractivity contribution is 0.251. The lowest BCUT2D eigenvalue weighted by Crippen LogP contribution is -2.41. The van der Waals surface area contributed by atoms with Crippen molar-refractivity contribution in [2.75, 3.05) is 12.8 Å². The van der Waals surface area contributed by atoms with Gasteiger partial charge < -0.3 is 5.32 Å². The van der Waals surface area contributed by atoms with Gasteiger partial charge in [0.15, 0.2) is 0 Å². The molecule has 0 amide bonds. The first-order chi connectivity index (χ1) is 8.04. The maximum Gasteiger partial charge on any atom is 0.0203 e. The van der Waals surface area contributed by atoms with Crippen LogP contribution in [-0.4, -0.2) is 24.1 Å². The minimum Gasteiger partial charge on any atom is -0.316 e. The van der Waals surface area contributed by atoms with E-state index in [9.17, 15) is 0 Å². The number of thioether (sulfide) groups is 1. The second kappa shape index (κ2) is 7.68. The zero-order valence-electron chi connectivity index (χ0n) is 12.3. The van der Waals surface area contributed by atoms with Gasteiger partial charge in [0.1, 0.15) is 0 Å². The summed E-state index contributed by atoms with van der Waals surface area (Å²) < 4.78 is 0. The minimum atomic E-state index is 0.752. The summed E-state index contributed by atoms with van der Waals surface area (Å²) >= 11 is 2.22. The van der Waals surface area contributed by atoms with Crippen molar-refractivity contribution in [3.63, 3.8) is 0 Å². The van der Waals surface area contributed by atoms with Crippen molar-refractivity contribution in [2.24, 2.45) is 17.8 Å². The third-order valence-corrected chi connectivity index (χ3v) is 5.59. The largest absolute Gasteiger partial charge is 0.316 e. The quantitative estimate of drug-likeness (QED) is 0.766. The van der Waals surface area contributed by atoms with Gasteiger partial charge in [0.25, 0.3) is 0 Å². The van der Waals surface area contributed by atoms with E-state index in [1.807, 2.05) is 0 Å². The Hall–Kier alpha value is 0.310. The van der Waals surface area contributed by atoms with E-state index in [2.05, 4.69) is 51.8 Å². The summed E-state index contributed by atoms with van der Waals surface area (Å²) in [5.41, 5.74) is 0. The van der Waals surface area contributed by atoms with Crippen molar-refractivity contribution >= 4 is 11.8 Å². The van der Waals surface area contributed by atoms with Gasteiger partial charge in [-0.15, -0.1) is 0 Å². The Kier molecular flexibility index (Phi) is 6.94. The highest BCUT2D eigenvalue weighted by atomic mass is 32.2. The second-order valence-electron chi connectivity index (χ2n) is 6.30. The van der Waals surface area contributed by atoms with E-state index < -0.39 is 0 Å². The molecule has 1 nitrogen and oxygen atoms in total. The molecule has 1 fully saturated rings. The van der Waals surface area contributed by atoms with Crippen LogP contribution in [0, 0.1) is 17.8 Å². The summed E-state index contributed by atoms with van der Waals surface area (Å²) in [6.45, 7) is 9.43. The van der Waals surface area contributed by atoms with E-state index >= 15 is 0 Å². The Balaban J connectivity index is 2.40. The van der Waals surface area contributed by atoms with Gasteiger partial charge in [-0.05, 0) is 56.2 Å². The van der Waals surface area contributed by atoms with Crippen molar-refractivity contribution in [1.82, 2.24) is 5.32 Å². The van der Waals surface area contributed by atoms with E-state index in [0.717, 1.165) is 29.0 Å². The van der Waals surface area contributed by atoms with Crippen LogP contribution in [0.15, 0.2) is 0 Å². The van der Waals surface area contributed by atoms with Crippen LogP contribution in [0.2, 0.25) is 0 Å². The van der Waals surface area contributed by atoms with Crippen LogP contribution in [-0.2, 0) is 0 Å². The first kappa shape index (κ1) is 15.4. The van der Waals surface area contributed by atoms with Crippen molar-refractivity contribution in [3.8, 4) is 0 Å². The molecule has 1 aliphatic carbocycles. The number of nitrogens with one attached hydrogen (secondary N) is 1. The summed E-state index contributed by atoms with van der Waals surface area (Å²) in [6, 6.07) is 0.752. The molecule has 1 N–H and O–H groups in total. The fraction of sp³-hybridized carbons (Fsp3) is 1.00. The molecule has 1 rings (SSSR count). The average molecular weight is 257 g/mol. The van der Waals surface area contributed by atoms with Crippen molar-refractivity contribution in [1.29, 1.82) is 0 Å². The van der Waals surface area contributed by atoms with Gasteiger partial charge in [0.2, 0.25) is 0 Å². The Morgan fingerprint density at radius 2 is 1.88 bits per heavy atom. The van der Waals surface area contributed by atoms with Gasteiger partial charge in [-0.3, -0.25) is 0 Å². The molecule has 0 aromatic heterocycles. The molecule has 0 heterocycles. The molecular formula is C15H31NS. The average Bonchev–Trinajstić information content (AvgIpc) is 2.28. The molecule has 102 valence electrons. The molecule has 1 aliphatic rings. The van der Waals surface area contributed by atoms with Crippen LogP contribution in [0.3, 0.4) is 0 Å². The highest BCUT2D eigenvalue weighted by Gasteiger charge is 2.30. The molecule has 0 radical (unpaired) electrons. The topological polar surface area (TPSA) is 12.0 Å². The van der Waals surface area contributed by atoms with Gasteiger partial charge >= 0.3 is 0 Å². The fourth-order valence-corrected chi connectivity index (χ4v) is 4.53. The van der Waals surface area contributed by atoms with Crippen LogP contribution in [0.5, 0.6) is 0 Å². The van der Waals surface area contributed by atoms with Gasteiger partial charge in [-0.1, -0.05) is 27.7 Å². The highest BCUT2D eigenvalue weighted by molar-refractivity contribution is 7.99. The van der Waals surface area contributed by atoms with Crippen LogP contribution >= 0.6 is 11.8 Å². The van der Waals surface area contributed by atoms with E-state index in [1.54, 1.807) is 0 Å². The zero-order chi connectivity index (χ0) is 12.8. The van der Waals surface area contributed by atoms with E-state index in [4.69, 9.17) is 0 Å². The van der Waals surface area contributed by atoms with Gasteiger partial charge in [0, 0.05) is 11.3 Å². The maximum atomic E-state index is 3.53. The molecule has 2 heteroatoms. The standard InChI is InChI=1S/C15H31NS/c1-11(2)8-9-17-15-10-13(12(3)4)6-7-14(15)16-5/h11-16H,6-10H2,1-5H3. The Morgan fingerprint density at radius 3 is 2.41 bits per heavy atom. The Bertz CT molecular complexity index is 203. The molecule has 0 aliphatic heterocycles. The molecule has 0 saturated heterocycles. The zero-order valence-corrected chi connectivity index (χ0v) is 13.1. The van der Waals surface area contributed by atoms with Crippen LogP contribution in [0.4, 0.5) is 0 Å². The van der Waals surface area contributed by atoms with Crippen LogP contribution < -0.4 is 5.32 Å². The maximum absolute atomic E-state index is 3.53. The van der Waals surface area contributed by atoms with Crippen molar-refractivity contribution in [3.05, 3.63) is 0 Å². The Labute approximate surface area is 113 Å². The van der Waals surface area contributed by atoms with Crippen LogP contribution in [0.1, 0.15) is 53.4 Å². The molecule has 0 aromatic rings. The predicted octanol–water partition coefficient (Wildman–Crippen LogP) is 4.18. The van der Waals surface area contributed by atoms with E-state index in [-0.39, 0.29) is 0 Å². The number of hydrogen-bond donors (Lipinski definition) is 1. The smallest absolute Gasteiger partial charge is 0.0203 e. The fourth-order valence-electron chi connectivity index (χ4n) is 2.74. The second-order valence-corrected chi connectivity index (χ2v) is 7.65. The van der Waals surface area contributed by atoms with Gasteiger partial charge in [-0.25, -0.2) is 0 Å². The van der Waals surface area contributed by atoms with Crippen molar-refractivity contribution in [2.45, 2.75) is 64.7 Å². The predicted molar refractivity (Wildman–Crippen MR) is 80.7 cm³/mol. The van der Waals surface area contributed by atoms with Gasteiger partial charge in [-0.2, -0.15) is 11.8 Å². The monoisotopic (exact) mass is 257 g/mol. The first-order valence-corrected chi connectivity index (χ1v) is 8.38. The molecule has 1 saturated carbocycles. The third kappa shape index (κ3) is 5.21. The molecular weight excluding hydrogens is 226 g/mol. The third-order valence-electron chi connectivity index (χ3n) is 4.17. The number of rotatable bonds is 6. The minimum absolute atomic E-state index is 0.752. The van der Waals surface area contributed by atoms with E-state index in [0.29, 0.717) is 0 Å². The summed E-state index contributed by atoms with van der Waals surface area (Å²) in [5.74, 6) is 4.00. The molecule has 17 heavy (non-hydrogen) atoms. The summed E-state index contributed by atoms with van der Waals surface area (Å²) in [6.07, 6.45) is 5.58. The van der Waals surface area contributed by atoms with Crippen molar-refractivity contribution < 1.29 is 0 Å².